The normalized spacial score (nSPS) is 10.9. The van der Waals surface area contributed by atoms with Crippen molar-refractivity contribution in [3.05, 3.63) is 53.2 Å². The number of benzene rings is 1. The highest BCUT2D eigenvalue weighted by molar-refractivity contribution is 5.66. The van der Waals surface area contributed by atoms with E-state index in [1.807, 2.05) is 0 Å². The molecule has 2 aromatic rings. The van der Waals surface area contributed by atoms with E-state index < -0.39 is 0 Å². The number of aryl methyl sites for hydroxylation is 1. The molecule has 0 amide bonds. The fourth-order valence-electron chi connectivity index (χ4n) is 1.43. The van der Waals surface area contributed by atoms with Crippen molar-refractivity contribution in [2.24, 2.45) is 0 Å². The van der Waals surface area contributed by atoms with Gasteiger partial charge in [0, 0.05) is 11.8 Å². The Hall–Kier alpha value is -2.23. The lowest BCUT2D eigenvalue weighted by Crippen LogP contribution is -1.90. The molecule has 1 N–H and O–H groups in total. The highest BCUT2D eigenvalue weighted by atomic mass is 19.1. The van der Waals surface area contributed by atoms with Gasteiger partial charge in [0.2, 0.25) is 5.88 Å². The van der Waals surface area contributed by atoms with Crippen LogP contribution in [0.4, 0.5) is 4.39 Å². The fourth-order valence-corrected chi connectivity index (χ4v) is 1.43. The molecular formula is C13H11FN2O. The van der Waals surface area contributed by atoms with Crippen molar-refractivity contribution in [3.63, 3.8) is 0 Å². The number of aromatic hydroxyl groups is 1. The van der Waals surface area contributed by atoms with Crippen LogP contribution in [0.25, 0.3) is 12.2 Å². The zero-order valence-electron chi connectivity index (χ0n) is 9.26. The topological polar surface area (TPSA) is 46.0 Å². The zero-order chi connectivity index (χ0) is 12.3. The Kier molecular flexibility index (Phi) is 3.14. The van der Waals surface area contributed by atoms with Gasteiger partial charge < -0.3 is 5.11 Å². The van der Waals surface area contributed by atoms with Crippen molar-refractivity contribution < 1.29 is 9.50 Å². The van der Waals surface area contributed by atoms with Crippen LogP contribution in [0.1, 0.15) is 17.1 Å². The second kappa shape index (κ2) is 4.74. The predicted octanol–water partition coefficient (Wildman–Crippen LogP) is 2.80. The minimum atomic E-state index is -0.292. The van der Waals surface area contributed by atoms with Gasteiger partial charge in [0.05, 0.1) is 0 Å². The Balaban J connectivity index is 2.25. The molecule has 1 heterocycles. The Morgan fingerprint density at radius 1 is 1.18 bits per heavy atom. The molecule has 0 saturated carbocycles. The first-order chi connectivity index (χ1) is 8.13. The van der Waals surface area contributed by atoms with E-state index in [0.29, 0.717) is 11.5 Å². The van der Waals surface area contributed by atoms with Crippen LogP contribution in [0.15, 0.2) is 30.3 Å². The second-order valence-corrected chi connectivity index (χ2v) is 3.61. The predicted molar refractivity (Wildman–Crippen MR) is 63.8 cm³/mol. The van der Waals surface area contributed by atoms with E-state index in [4.69, 9.17) is 0 Å². The van der Waals surface area contributed by atoms with Crippen LogP contribution in [-0.2, 0) is 0 Å². The molecule has 17 heavy (non-hydrogen) atoms. The van der Waals surface area contributed by atoms with Gasteiger partial charge in [0.1, 0.15) is 5.82 Å². The molecule has 0 atom stereocenters. The van der Waals surface area contributed by atoms with Crippen LogP contribution in [0.2, 0.25) is 0 Å². The van der Waals surface area contributed by atoms with E-state index in [1.165, 1.54) is 18.2 Å². The van der Waals surface area contributed by atoms with Crippen LogP contribution in [0, 0.1) is 12.7 Å². The van der Waals surface area contributed by atoms with Gasteiger partial charge in [-0.1, -0.05) is 18.2 Å². The van der Waals surface area contributed by atoms with Crippen molar-refractivity contribution in [1.82, 2.24) is 9.97 Å². The van der Waals surface area contributed by atoms with Gasteiger partial charge in [0.15, 0.2) is 5.82 Å². The molecule has 0 aliphatic carbocycles. The summed E-state index contributed by atoms with van der Waals surface area (Å²) in [5.74, 6) is 0.0308. The lowest BCUT2D eigenvalue weighted by molar-refractivity contribution is 0.450. The second-order valence-electron chi connectivity index (χ2n) is 3.61. The van der Waals surface area contributed by atoms with Crippen LogP contribution in [-0.4, -0.2) is 15.1 Å². The third-order valence-corrected chi connectivity index (χ3v) is 2.13. The van der Waals surface area contributed by atoms with Crippen molar-refractivity contribution in [2.75, 3.05) is 0 Å². The van der Waals surface area contributed by atoms with E-state index >= 15 is 0 Å². The largest absolute Gasteiger partial charge is 0.493 e. The minimum Gasteiger partial charge on any atom is -0.493 e. The molecule has 0 spiro atoms. The summed E-state index contributed by atoms with van der Waals surface area (Å²) in [6.45, 7) is 1.76. The molecule has 0 bridgehead atoms. The van der Waals surface area contributed by atoms with Gasteiger partial charge in [-0.2, -0.15) is 4.98 Å². The molecule has 86 valence electrons. The molecule has 1 aromatic heterocycles. The summed E-state index contributed by atoms with van der Waals surface area (Å²) in [5, 5.41) is 9.29. The zero-order valence-corrected chi connectivity index (χ0v) is 9.26. The van der Waals surface area contributed by atoms with E-state index in [0.717, 1.165) is 5.56 Å². The molecular weight excluding hydrogens is 219 g/mol. The molecule has 2 rings (SSSR count). The summed E-state index contributed by atoms with van der Waals surface area (Å²) in [6, 6.07) is 7.66. The van der Waals surface area contributed by atoms with Crippen molar-refractivity contribution in [2.45, 2.75) is 6.92 Å². The van der Waals surface area contributed by atoms with Crippen molar-refractivity contribution >= 4 is 12.2 Å². The number of halogens is 1. The molecule has 0 aliphatic heterocycles. The van der Waals surface area contributed by atoms with Gasteiger partial charge in [-0.15, -0.1) is 0 Å². The molecule has 3 nitrogen and oxygen atoms in total. The Morgan fingerprint density at radius 2 is 2.00 bits per heavy atom. The third kappa shape index (κ3) is 3.11. The van der Waals surface area contributed by atoms with Crippen LogP contribution < -0.4 is 0 Å². The minimum absolute atomic E-state index is 0.0728. The first-order valence-electron chi connectivity index (χ1n) is 5.12. The molecule has 0 unspecified atom stereocenters. The monoisotopic (exact) mass is 230 g/mol. The average molecular weight is 230 g/mol. The summed E-state index contributed by atoms with van der Waals surface area (Å²) in [7, 11) is 0. The molecule has 0 aliphatic rings. The Morgan fingerprint density at radius 3 is 2.71 bits per heavy atom. The maximum atomic E-state index is 12.9. The molecule has 0 fully saturated rings. The quantitative estimate of drug-likeness (QED) is 0.862. The van der Waals surface area contributed by atoms with Gasteiger partial charge in [-0.3, -0.25) is 0 Å². The van der Waals surface area contributed by atoms with Crippen molar-refractivity contribution in [3.8, 4) is 5.88 Å². The summed E-state index contributed by atoms with van der Waals surface area (Å²) in [4.78, 5) is 7.96. The summed E-state index contributed by atoms with van der Waals surface area (Å²) >= 11 is 0. The van der Waals surface area contributed by atoms with Crippen LogP contribution in [0.3, 0.4) is 0 Å². The number of rotatable bonds is 2. The Bertz CT molecular complexity index is 547. The average Bonchev–Trinajstić information content (AvgIpc) is 2.25. The van der Waals surface area contributed by atoms with Crippen LogP contribution >= 0.6 is 0 Å². The van der Waals surface area contributed by atoms with Gasteiger partial charge in [0.25, 0.3) is 0 Å². The first-order valence-corrected chi connectivity index (χ1v) is 5.12. The number of hydrogen-bond acceptors (Lipinski definition) is 3. The third-order valence-electron chi connectivity index (χ3n) is 2.13. The van der Waals surface area contributed by atoms with E-state index in [2.05, 4.69) is 9.97 Å². The van der Waals surface area contributed by atoms with Gasteiger partial charge >= 0.3 is 0 Å². The SMILES string of the molecule is Cc1cc(O)nc(C=Cc2cccc(F)c2)n1. The van der Waals surface area contributed by atoms with Gasteiger partial charge in [-0.25, -0.2) is 9.37 Å². The number of hydrogen-bond donors (Lipinski definition) is 1. The number of nitrogens with zero attached hydrogens (tertiary/aromatic N) is 2. The first kappa shape index (κ1) is 11.3. The highest BCUT2D eigenvalue weighted by Gasteiger charge is 1.97. The molecule has 0 radical (unpaired) electrons. The Labute approximate surface area is 98.3 Å². The summed E-state index contributed by atoms with van der Waals surface area (Å²) in [5.41, 5.74) is 1.39. The van der Waals surface area contributed by atoms with E-state index in [-0.39, 0.29) is 11.7 Å². The van der Waals surface area contributed by atoms with Crippen LogP contribution in [0.5, 0.6) is 5.88 Å². The fraction of sp³-hybridized carbons (Fsp3) is 0.0769. The molecule has 4 heteroatoms. The maximum Gasteiger partial charge on any atom is 0.214 e. The highest BCUT2D eigenvalue weighted by Crippen LogP contribution is 2.10. The van der Waals surface area contributed by atoms with Gasteiger partial charge in [-0.05, 0) is 30.7 Å². The smallest absolute Gasteiger partial charge is 0.214 e. The molecule has 0 saturated heterocycles. The van der Waals surface area contributed by atoms with E-state index in [1.54, 1.807) is 31.2 Å². The number of aromatic nitrogens is 2. The lowest BCUT2D eigenvalue weighted by atomic mass is 10.2. The maximum absolute atomic E-state index is 12.9. The molecule has 1 aromatic carbocycles. The summed E-state index contributed by atoms with van der Waals surface area (Å²) < 4.78 is 12.9. The van der Waals surface area contributed by atoms with Crippen molar-refractivity contribution in [1.29, 1.82) is 0 Å². The standard InChI is InChI=1S/C13H11FN2O/c1-9-7-13(17)16-12(15-9)6-5-10-3-2-4-11(14)8-10/h2-8H,1H3,(H,15,16,17). The van der Waals surface area contributed by atoms with E-state index in [9.17, 15) is 9.50 Å². The summed E-state index contributed by atoms with van der Waals surface area (Å²) in [6.07, 6.45) is 3.32. The lowest BCUT2D eigenvalue weighted by Gasteiger charge is -1.97.